The standard InChI is InChI=1S/C15H18N2O2/c1-3-16-14-7-5-4-6-13(14)15(18)17(2)10-12-8-9-19-11-12/h4-9,11,16H,3,10H2,1-2H3. The van der Waals surface area contributed by atoms with Crippen LogP contribution >= 0.6 is 0 Å². The van der Waals surface area contributed by atoms with Crippen LogP contribution < -0.4 is 5.32 Å². The first-order chi connectivity index (χ1) is 9.22. The molecular weight excluding hydrogens is 240 g/mol. The molecular formula is C15H18N2O2. The zero-order valence-electron chi connectivity index (χ0n) is 11.2. The molecule has 0 radical (unpaired) electrons. The van der Waals surface area contributed by atoms with Crippen molar-refractivity contribution in [2.45, 2.75) is 13.5 Å². The summed E-state index contributed by atoms with van der Waals surface area (Å²) in [4.78, 5) is 14.1. The van der Waals surface area contributed by atoms with Crippen LogP contribution in [0.2, 0.25) is 0 Å². The summed E-state index contributed by atoms with van der Waals surface area (Å²) in [7, 11) is 1.79. The molecule has 19 heavy (non-hydrogen) atoms. The van der Waals surface area contributed by atoms with Crippen molar-refractivity contribution in [3.63, 3.8) is 0 Å². The van der Waals surface area contributed by atoms with Gasteiger partial charge in [-0.3, -0.25) is 4.79 Å². The number of furan rings is 1. The van der Waals surface area contributed by atoms with Gasteiger partial charge in [0.1, 0.15) is 0 Å². The topological polar surface area (TPSA) is 45.5 Å². The van der Waals surface area contributed by atoms with Gasteiger partial charge < -0.3 is 14.6 Å². The van der Waals surface area contributed by atoms with Crippen LogP contribution in [0.3, 0.4) is 0 Å². The van der Waals surface area contributed by atoms with E-state index < -0.39 is 0 Å². The third kappa shape index (κ3) is 3.16. The SMILES string of the molecule is CCNc1ccccc1C(=O)N(C)Cc1ccoc1. The molecule has 0 fully saturated rings. The molecule has 4 nitrogen and oxygen atoms in total. The Morgan fingerprint density at radius 2 is 2.11 bits per heavy atom. The van der Waals surface area contributed by atoms with Crippen molar-refractivity contribution in [1.82, 2.24) is 4.90 Å². The molecule has 0 aliphatic rings. The second kappa shape index (κ2) is 6.09. The lowest BCUT2D eigenvalue weighted by atomic mass is 10.1. The molecule has 1 aromatic carbocycles. The molecule has 0 bridgehead atoms. The van der Waals surface area contributed by atoms with Crippen LogP contribution in [0.15, 0.2) is 47.3 Å². The van der Waals surface area contributed by atoms with Gasteiger partial charge in [0.05, 0.1) is 18.1 Å². The highest BCUT2D eigenvalue weighted by molar-refractivity contribution is 5.99. The lowest BCUT2D eigenvalue weighted by Crippen LogP contribution is -2.26. The lowest BCUT2D eigenvalue weighted by Gasteiger charge is -2.18. The van der Waals surface area contributed by atoms with Crippen LogP contribution in [0.25, 0.3) is 0 Å². The number of para-hydroxylation sites is 1. The molecule has 4 heteroatoms. The van der Waals surface area contributed by atoms with Gasteiger partial charge in [0.2, 0.25) is 0 Å². The molecule has 0 saturated heterocycles. The van der Waals surface area contributed by atoms with Gasteiger partial charge in [0.25, 0.3) is 5.91 Å². The van der Waals surface area contributed by atoms with Crippen LogP contribution in [0.4, 0.5) is 5.69 Å². The Morgan fingerprint density at radius 1 is 1.32 bits per heavy atom. The number of benzene rings is 1. The number of nitrogens with zero attached hydrogens (tertiary/aromatic N) is 1. The number of amides is 1. The van der Waals surface area contributed by atoms with Crippen LogP contribution in [-0.2, 0) is 6.54 Å². The third-order valence-corrected chi connectivity index (χ3v) is 2.87. The molecule has 0 atom stereocenters. The molecule has 100 valence electrons. The second-order valence-corrected chi connectivity index (χ2v) is 4.37. The van der Waals surface area contributed by atoms with Gasteiger partial charge in [-0.15, -0.1) is 0 Å². The van der Waals surface area contributed by atoms with Crippen LogP contribution in [-0.4, -0.2) is 24.4 Å². The quantitative estimate of drug-likeness (QED) is 0.896. The fraction of sp³-hybridized carbons (Fsp3) is 0.267. The Morgan fingerprint density at radius 3 is 2.79 bits per heavy atom. The first-order valence-corrected chi connectivity index (χ1v) is 6.31. The van der Waals surface area contributed by atoms with Gasteiger partial charge in [-0.05, 0) is 25.1 Å². The van der Waals surface area contributed by atoms with Crippen LogP contribution in [0.1, 0.15) is 22.8 Å². The summed E-state index contributed by atoms with van der Waals surface area (Å²) in [6.45, 7) is 3.34. The summed E-state index contributed by atoms with van der Waals surface area (Å²) in [5.74, 6) is -0.00208. The van der Waals surface area contributed by atoms with E-state index in [1.54, 1.807) is 24.5 Å². The predicted octanol–water partition coefficient (Wildman–Crippen LogP) is 2.98. The van der Waals surface area contributed by atoms with Crippen molar-refractivity contribution in [2.24, 2.45) is 0 Å². The molecule has 0 spiro atoms. The molecule has 1 heterocycles. The fourth-order valence-corrected chi connectivity index (χ4v) is 1.95. The highest BCUT2D eigenvalue weighted by Crippen LogP contribution is 2.17. The van der Waals surface area contributed by atoms with Crippen molar-refractivity contribution >= 4 is 11.6 Å². The monoisotopic (exact) mass is 258 g/mol. The van der Waals surface area contributed by atoms with Crippen LogP contribution in [0.5, 0.6) is 0 Å². The molecule has 1 amide bonds. The van der Waals surface area contributed by atoms with Gasteiger partial charge >= 0.3 is 0 Å². The summed E-state index contributed by atoms with van der Waals surface area (Å²) in [5, 5.41) is 3.20. The number of nitrogens with one attached hydrogen (secondary N) is 1. The maximum absolute atomic E-state index is 12.4. The van der Waals surface area contributed by atoms with Gasteiger partial charge in [-0.1, -0.05) is 12.1 Å². The Hall–Kier alpha value is -2.23. The smallest absolute Gasteiger partial charge is 0.255 e. The van der Waals surface area contributed by atoms with E-state index in [9.17, 15) is 4.79 Å². The molecule has 0 unspecified atom stereocenters. The Bertz CT molecular complexity index is 535. The maximum atomic E-state index is 12.4. The fourth-order valence-electron chi connectivity index (χ4n) is 1.95. The van der Waals surface area contributed by atoms with E-state index in [1.165, 1.54) is 0 Å². The summed E-state index contributed by atoms with van der Waals surface area (Å²) in [5.41, 5.74) is 2.54. The van der Waals surface area contributed by atoms with E-state index in [0.29, 0.717) is 12.1 Å². The number of carbonyl (C=O) groups is 1. The number of hydrogen-bond acceptors (Lipinski definition) is 3. The maximum Gasteiger partial charge on any atom is 0.255 e. The van der Waals surface area contributed by atoms with Crippen molar-refractivity contribution in [3.8, 4) is 0 Å². The highest BCUT2D eigenvalue weighted by Gasteiger charge is 2.15. The summed E-state index contributed by atoms with van der Waals surface area (Å²) in [6.07, 6.45) is 3.26. The zero-order chi connectivity index (χ0) is 13.7. The van der Waals surface area contributed by atoms with E-state index in [-0.39, 0.29) is 5.91 Å². The molecule has 0 aliphatic carbocycles. The van der Waals surface area contributed by atoms with E-state index in [0.717, 1.165) is 17.8 Å². The van der Waals surface area contributed by atoms with Crippen LogP contribution in [0, 0.1) is 0 Å². The van der Waals surface area contributed by atoms with E-state index in [2.05, 4.69) is 5.32 Å². The molecule has 1 aromatic heterocycles. The zero-order valence-corrected chi connectivity index (χ0v) is 11.2. The van der Waals surface area contributed by atoms with Gasteiger partial charge in [-0.25, -0.2) is 0 Å². The van der Waals surface area contributed by atoms with Crippen molar-refractivity contribution < 1.29 is 9.21 Å². The largest absolute Gasteiger partial charge is 0.472 e. The Balaban J connectivity index is 2.14. The molecule has 0 aliphatic heterocycles. The number of anilines is 1. The van der Waals surface area contributed by atoms with Gasteiger partial charge in [0.15, 0.2) is 0 Å². The number of rotatable bonds is 5. The summed E-state index contributed by atoms with van der Waals surface area (Å²) in [6, 6.07) is 9.42. The van der Waals surface area contributed by atoms with E-state index in [1.807, 2.05) is 37.3 Å². The first kappa shape index (κ1) is 13.2. The number of carbonyl (C=O) groups excluding carboxylic acids is 1. The second-order valence-electron chi connectivity index (χ2n) is 4.37. The van der Waals surface area contributed by atoms with Crippen molar-refractivity contribution in [1.29, 1.82) is 0 Å². The lowest BCUT2D eigenvalue weighted by molar-refractivity contribution is 0.0786. The van der Waals surface area contributed by atoms with Crippen molar-refractivity contribution in [2.75, 3.05) is 18.9 Å². The minimum atomic E-state index is -0.00208. The molecule has 2 aromatic rings. The predicted molar refractivity (Wildman–Crippen MR) is 75.1 cm³/mol. The Labute approximate surface area is 113 Å². The minimum absolute atomic E-state index is 0.00208. The highest BCUT2D eigenvalue weighted by atomic mass is 16.3. The molecule has 1 N–H and O–H groups in total. The normalized spacial score (nSPS) is 10.2. The average Bonchev–Trinajstić information content (AvgIpc) is 2.92. The first-order valence-electron chi connectivity index (χ1n) is 6.31. The summed E-state index contributed by atoms with van der Waals surface area (Å²) >= 11 is 0. The van der Waals surface area contributed by atoms with Gasteiger partial charge in [-0.2, -0.15) is 0 Å². The van der Waals surface area contributed by atoms with E-state index >= 15 is 0 Å². The van der Waals surface area contributed by atoms with Crippen molar-refractivity contribution in [3.05, 3.63) is 54.0 Å². The Kier molecular flexibility index (Phi) is 4.23. The molecule has 2 rings (SSSR count). The minimum Gasteiger partial charge on any atom is -0.472 e. The average molecular weight is 258 g/mol. The molecule has 0 saturated carbocycles. The van der Waals surface area contributed by atoms with Gasteiger partial charge in [0, 0.05) is 31.4 Å². The summed E-state index contributed by atoms with van der Waals surface area (Å²) < 4.78 is 5.01. The third-order valence-electron chi connectivity index (χ3n) is 2.87. The van der Waals surface area contributed by atoms with E-state index in [4.69, 9.17) is 4.42 Å². The number of hydrogen-bond donors (Lipinski definition) is 1.